The molecule has 118 valence electrons. The third-order valence-corrected chi connectivity index (χ3v) is 5.00. The van der Waals surface area contributed by atoms with E-state index in [1.54, 1.807) is 31.2 Å². The van der Waals surface area contributed by atoms with Crippen LogP contribution in [0.1, 0.15) is 39.2 Å². The molecule has 0 aliphatic rings. The summed E-state index contributed by atoms with van der Waals surface area (Å²) < 4.78 is 32.0. The van der Waals surface area contributed by atoms with Crippen molar-refractivity contribution in [1.82, 2.24) is 4.72 Å². The summed E-state index contributed by atoms with van der Waals surface area (Å²) in [6.07, 6.45) is 1.86. The fraction of sp³-hybridized carbons (Fsp3) is 0.533. The molecule has 0 heterocycles. The molecule has 0 fully saturated rings. The number of rotatable bonds is 7. The summed E-state index contributed by atoms with van der Waals surface area (Å²) in [7, 11) is -2.52. The van der Waals surface area contributed by atoms with Gasteiger partial charge in [0.25, 0.3) is 0 Å². The average molecular weight is 313 g/mol. The van der Waals surface area contributed by atoms with E-state index in [9.17, 15) is 13.2 Å². The van der Waals surface area contributed by atoms with Crippen LogP contribution in [0.2, 0.25) is 0 Å². The molecule has 0 bridgehead atoms. The van der Waals surface area contributed by atoms with Crippen molar-refractivity contribution in [3.63, 3.8) is 0 Å². The number of hydrogen-bond donors (Lipinski definition) is 1. The van der Waals surface area contributed by atoms with Gasteiger partial charge in [-0.2, -0.15) is 4.72 Å². The number of benzene rings is 1. The molecular formula is C15H23NO4S. The van der Waals surface area contributed by atoms with Crippen LogP contribution in [0, 0.1) is 0 Å². The summed E-state index contributed by atoms with van der Waals surface area (Å²) in [5.74, 6) is -0.585. The Hall–Kier alpha value is -1.40. The summed E-state index contributed by atoms with van der Waals surface area (Å²) in [6, 6.07) is 6.63. The summed E-state index contributed by atoms with van der Waals surface area (Å²) in [6.45, 7) is 5.42. The van der Waals surface area contributed by atoms with Crippen LogP contribution in [-0.2, 0) is 26.0 Å². The van der Waals surface area contributed by atoms with Crippen LogP contribution in [-0.4, -0.2) is 27.0 Å². The van der Waals surface area contributed by atoms with Crippen molar-refractivity contribution in [3.05, 3.63) is 29.8 Å². The molecule has 0 aromatic heterocycles. The third-order valence-electron chi connectivity index (χ3n) is 3.39. The summed E-state index contributed by atoms with van der Waals surface area (Å²) in [5, 5.41) is 0. The smallest absolute Gasteiger partial charge is 0.326 e. The Bertz CT molecular complexity index is 580. The van der Waals surface area contributed by atoms with Crippen LogP contribution >= 0.6 is 0 Å². The Balaban J connectivity index is 3.08. The molecule has 0 spiro atoms. The SMILES string of the molecule is CCCC(C)(NS(=O)(=O)c1ccc(CC)cc1)C(=O)OC. The fourth-order valence-corrected chi connectivity index (χ4v) is 3.57. The Morgan fingerprint density at radius 1 is 1.24 bits per heavy atom. The van der Waals surface area contributed by atoms with E-state index in [1.165, 1.54) is 7.11 Å². The number of aryl methyl sites for hydroxylation is 1. The van der Waals surface area contributed by atoms with Gasteiger partial charge in [-0.1, -0.05) is 32.4 Å². The molecule has 0 saturated carbocycles. The minimum Gasteiger partial charge on any atom is -0.468 e. The van der Waals surface area contributed by atoms with Crippen LogP contribution in [0.15, 0.2) is 29.2 Å². The van der Waals surface area contributed by atoms with E-state index in [2.05, 4.69) is 4.72 Å². The second-order valence-electron chi connectivity index (χ2n) is 5.18. The highest BCUT2D eigenvalue weighted by Gasteiger charge is 2.38. The van der Waals surface area contributed by atoms with E-state index < -0.39 is 21.5 Å². The average Bonchev–Trinajstić information content (AvgIpc) is 2.46. The molecule has 1 aromatic rings. The number of hydrogen-bond acceptors (Lipinski definition) is 4. The van der Waals surface area contributed by atoms with E-state index in [4.69, 9.17) is 4.74 Å². The van der Waals surface area contributed by atoms with Crippen molar-refractivity contribution in [2.45, 2.75) is 50.5 Å². The lowest BCUT2D eigenvalue weighted by Crippen LogP contribution is -2.52. The van der Waals surface area contributed by atoms with Crippen molar-refractivity contribution in [3.8, 4) is 0 Å². The topological polar surface area (TPSA) is 72.5 Å². The first kappa shape index (κ1) is 17.7. The molecule has 1 aromatic carbocycles. The van der Waals surface area contributed by atoms with Gasteiger partial charge >= 0.3 is 5.97 Å². The lowest BCUT2D eigenvalue weighted by Gasteiger charge is -2.27. The van der Waals surface area contributed by atoms with Crippen LogP contribution in [0.5, 0.6) is 0 Å². The van der Waals surface area contributed by atoms with Crippen molar-refractivity contribution in [2.75, 3.05) is 7.11 Å². The van der Waals surface area contributed by atoms with Gasteiger partial charge in [-0.05, 0) is 37.5 Å². The standard InChI is InChI=1S/C15H23NO4S/c1-5-11-15(3,14(17)20-4)16-21(18,19)13-9-7-12(6-2)8-10-13/h7-10,16H,5-6,11H2,1-4H3. The van der Waals surface area contributed by atoms with E-state index in [1.807, 2.05) is 13.8 Å². The largest absolute Gasteiger partial charge is 0.468 e. The van der Waals surface area contributed by atoms with Gasteiger partial charge in [0.1, 0.15) is 5.54 Å². The van der Waals surface area contributed by atoms with Crippen molar-refractivity contribution >= 4 is 16.0 Å². The maximum Gasteiger partial charge on any atom is 0.326 e. The van der Waals surface area contributed by atoms with Crippen LogP contribution in [0.25, 0.3) is 0 Å². The second kappa shape index (κ2) is 7.04. The van der Waals surface area contributed by atoms with Gasteiger partial charge in [-0.3, -0.25) is 4.79 Å². The summed E-state index contributed by atoms with van der Waals surface area (Å²) >= 11 is 0. The molecule has 1 rings (SSSR count). The van der Waals surface area contributed by atoms with Gasteiger partial charge in [0.2, 0.25) is 10.0 Å². The first-order valence-corrected chi connectivity index (χ1v) is 8.48. The van der Waals surface area contributed by atoms with Gasteiger partial charge in [-0.25, -0.2) is 8.42 Å². The third kappa shape index (κ3) is 4.28. The number of nitrogens with one attached hydrogen (secondary N) is 1. The molecule has 0 aliphatic heterocycles. The number of esters is 1. The van der Waals surface area contributed by atoms with E-state index in [0.29, 0.717) is 12.8 Å². The van der Waals surface area contributed by atoms with E-state index in [-0.39, 0.29) is 4.90 Å². The highest BCUT2D eigenvalue weighted by molar-refractivity contribution is 7.89. The number of methoxy groups -OCH3 is 1. The number of carbonyl (C=O) groups excluding carboxylic acids is 1. The number of ether oxygens (including phenoxy) is 1. The molecule has 0 saturated heterocycles. The molecule has 0 amide bonds. The molecule has 0 radical (unpaired) electrons. The van der Waals surface area contributed by atoms with Gasteiger partial charge in [0.15, 0.2) is 0 Å². The lowest BCUT2D eigenvalue weighted by atomic mass is 9.98. The van der Waals surface area contributed by atoms with Gasteiger partial charge in [0.05, 0.1) is 12.0 Å². The highest BCUT2D eigenvalue weighted by atomic mass is 32.2. The highest BCUT2D eigenvalue weighted by Crippen LogP contribution is 2.19. The minimum atomic E-state index is -3.77. The fourth-order valence-electron chi connectivity index (χ4n) is 2.18. The predicted molar refractivity (Wildman–Crippen MR) is 81.5 cm³/mol. The molecule has 1 N–H and O–H groups in total. The quantitative estimate of drug-likeness (QED) is 0.784. The first-order chi connectivity index (χ1) is 9.79. The number of carbonyl (C=O) groups is 1. The molecule has 5 nitrogen and oxygen atoms in total. The Morgan fingerprint density at radius 2 is 1.81 bits per heavy atom. The maximum atomic E-state index is 12.4. The minimum absolute atomic E-state index is 0.144. The molecular weight excluding hydrogens is 290 g/mol. The van der Waals surface area contributed by atoms with Crippen LogP contribution < -0.4 is 4.72 Å². The number of sulfonamides is 1. The van der Waals surface area contributed by atoms with Gasteiger partial charge in [-0.15, -0.1) is 0 Å². The van der Waals surface area contributed by atoms with Crippen LogP contribution in [0.4, 0.5) is 0 Å². The van der Waals surface area contributed by atoms with E-state index >= 15 is 0 Å². The summed E-state index contributed by atoms with van der Waals surface area (Å²) in [5.41, 5.74) is -0.204. The lowest BCUT2D eigenvalue weighted by molar-refractivity contribution is -0.147. The summed E-state index contributed by atoms with van der Waals surface area (Å²) in [4.78, 5) is 12.0. The monoisotopic (exact) mass is 313 g/mol. The van der Waals surface area contributed by atoms with E-state index in [0.717, 1.165) is 12.0 Å². The normalized spacial score (nSPS) is 14.5. The zero-order valence-corrected chi connectivity index (χ0v) is 13.8. The van der Waals surface area contributed by atoms with Gasteiger partial charge < -0.3 is 4.74 Å². The Morgan fingerprint density at radius 3 is 2.24 bits per heavy atom. The zero-order valence-electron chi connectivity index (χ0n) is 13.0. The van der Waals surface area contributed by atoms with Crippen molar-refractivity contribution < 1.29 is 17.9 Å². The van der Waals surface area contributed by atoms with Crippen molar-refractivity contribution in [1.29, 1.82) is 0 Å². The molecule has 0 aliphatic carbocycles. The molecule has 1 atom stereocenters. The first-order valence-electron chi connectivity index (χ1n) is 7.00. The second-order valence-corrected chi connectivity index (χ2v) is 6.86. The molecule has 1 unspecified atom stereocenters. The maximum absolute atomic E-state index is 12.4. The van der Waals surface area contributed by atoms with Gasteiger partial charge in [0, 0.05) is 0 Å². The predicted octanol–water partition coefficient (Wildman–Crippen LogP) is 2.26. The van der Waals surface area contributed by atoms with Crippen LogP contribution in [0.3, 0.4) is 0 Å². The Kier molecular flexibility index (Phi) is 5.92. The Labute approximate surface area is 126 Å². The molecule has 6 heteroatoms. The molecule has 21 heavy (non-hydrogen) atoms. The van der Waals surface area contributed by atoms with Crippen molar-refractivity contribution in [2.24, 2.45) is 0 Å². The zero-order chi connectivity index (χ0) is 16.1.